The molecule has 0 radical (unpaired) electrons. The molecule has 0 saturated heterocycles. The molecule has 22 heavy (non-hydrogen) atoms. The van der Waals surface area contributed by atoms with Crippen molar-refractivity contribution < 1.29 is 9.47 Å². The third-order valence-corrected chi connectivity index (χ3v) is 18.8. The highest BCUT2D eigenvalue weighted by atomic mass is 33.5. The second kappa shape index (κ2) is 8.41. The first kappa shape index (κ1) is 18.6. The smallest absolute Gasteiger partial charge is 0.222 e. The lowest BCUT2D eigenvalue weighted by Crippen LogP contribution is -2.01. The van der Waals surface area contributed by atoms with Crippen LogP contribution in [0, 0.1) is 0 Å². The van der Waals surface area contributed by atoms with Gasteiger partial charge >= 0.3 is 0 Å². The van der Waals surface area contributed by atoms with Gasteiger partial charge in [-0.05, 0) is 53.8 Å². The van der Waals surface area contributed by atoms with Crippen molar-refractivity contribution in [2.75, 3.05) is 14.2 Å². The summed E-state index contributed by atoms with van der Waals surface area (Å²) in [7, 11) is 3.32. The molecule has 0 spiro atoms. The molecule has 0 amide bonds. The molecule has 1 unspecified atom stereocenters. The molecule has 2 rings (SSSR count). The largest absolute Gasteiger partial charge is 0.497 e. The summed E-state index contributed by atoms with van der Waals surface area (Å²) >= 11 is 16.1. The molecule has 1 atom stereocenters. The first-order valence-corrected chi connectivity index (χ1v) is 14.9. The van der Waals surface area contributed by atoms with Crippen LogP contribution in [0.25, 0.3) is 0 Å². The second-order valence-corrected chi connectivity index (χ2v) is 20.0. The van der Waals surface area contributed by atoms with Gasteiger partial charge in [-0.25, -0.2) is 0 Å². The summed E-state index contributed by atoms with van der Waals surface area (Å²) in [5.74, 6) is 1.68. The van der Waals surface area contributed by atoms with Gasteiger partial charge in [0.2, 0.25) is 4.87 Å². The normalized spacial score (nSPS) is 12.8. The predicted molar refractivity (Wildman–Crippen MR) is 114 cm³/mol. The van der Waals surface area contributed by atoms with Gasteiger partial charge in [0.25, 0.3) is 0 Å². The Morgan fingerprint density at radius 3 is 1.77 bits per heavy atom. The average Bonchev–Trinajstić information content (AvgIpc) is 2.54. The lowest BCUT2D eigenvalue weighted by molar-refractivity contribution is 0.415. The molecule has 0 fully saturated rings. The number of hydrogen-bond acceptors (Lipinski definition) is 6. The molecule has 0 saturated carbocycles. The van der Waals surface area contributed by atoms with Crippen LogP contribution >= 0.6 is 58.9 Å². The number of rotatable bonds is 6. The van der Waals surface area contributed by atoms with E-state index in [1.54, 1.807) is 25.2 Å². The van der Waals surface area contributed by atoms with Gasteiger partial charge in [0.1, 0.15) is 16.8 Å². The molecule has 2 aromatic carbocycles. The van der Waals surface area contributed by atoms with Crippen molar-refractivity contribution in [3.8, 4) is 11.5 Å². The molecule has 0 aliphatic rings. The molecular formula is C14H17O2P2S4+. The first-order chi connectivity index (χ1) is 10.5. The Labute approximate surface area is 152 Å². The summed E-state index contributed by atoms with van der Waals surface area (Å²) in [6.45, 7) is 0. The molecule has 118 valence electrons. The highest BCUT2D eigenvalue weighted by Crippen LogP contribution is 2.86. The van der Waals surface area contributed by atoms with Gasteiger partial charge in [-0.15, -0.1) is 12.2 Å². The highest BCUT2D eigenvalue weighted by Gasteiger charge is 2.38. The zero-order chi connectivity index (χ0) is 16.2. The fourth-order valence-corrected chi connectivity index (χ4v) is 19.8. The van der Waals surface area contributed by atoms with E-state index in [-0.39, 0.29) is 0 Å². The minimum atomic E-state index is -1.89. The van der Waals surface area contributed by atoms with Crippen LogP contribution in [-0.4, -0.2) is 14.2 Å². The van der Waals surface area contributed by atoms with Crippen molar-refractivity contribution in [3.05, 3.63) is 48.5 Å². The third kappa shape index (κ3) is 4.90. The van der Waals surface area contributed by atoms with E-state index in [0.717, 1.165) is 16.8 Å². The summed E-state index contributed by atoms with van der Waals surface area (Å²) in [4.78, 5) is -1.89. The van der Waals surface area contributed by atoms with Crippen molar-refractivity contribution in [1.29, 1.82) is 0 Å². The van der Waals surface area contributed by atoms with Crippen LogP contribution in [0.15, 0.2) is 48.5 Å². The van der Waals surface area contributed by atoms with E-state index < -0.39 is 11.2 Å². The Morgan fingerprint density at radius 1 is 0.864 bits per heavy atom. The quantitative estimate of drug-likeness (QED) is 0.449. The third-order valence-electron chi connectivity index (χ3n) is 2.89. The van der Waals surface area contributed by atoms with Crippen molar-refractivity contribution >= 4 is 69.5 Å². The molecule has 2 nitrogen and oxygen atoms in total. The van der Waals surface area contributed by atoms with Crippen LogP contribution in [0.2, 0.25) is 0 Å². The monoisotopic (exact) mass is 407 g/mol. The summed E-state index contributed by atoms with van der Waals surface area (Å²) in [6.07, 6.45) is -0.695. The van der Waals surface area contributed by atoms with Crippen LogP contribution in [0.4, 0.5) is 0 Å². The van der Waals surface area contributed by atoms with Crippen LogP contribution in [-0.2, 0) is 0 Å². The van der Waals surface area contributed by atoms with Gasteiger partial charge in [0.15, 0.2) is 0 Å². The van der Waals surface area contributed by atoms with E-state index in [0.29, 0.717) is 0 Å². The first-order valence-electron chi connectivity index (χ1n) is 6.28. The Hall–Kier alpha value is 0.300. The highest BCUT2D eigenvalue weighted by molar-refractivity contribution is 9.28. The molecule has 2 aromatic rings. The molecule has 0 N–H and O–H groups in total. The molecule has 8 heteroatoms. The van der Waals surface area contributed by atoms with Crippen molar-refractivity contribution in [2.24, 2.45) is 0 Å². The zero-order valence-electron chi connectivity index (χ0n) is 12.1. The van der Waals surface area contributed by atoms with Crippen molar-refractivity contribution in [1.82, 2.24) is 0 Å². The summed E-state index contributed by atoms with van der Waals surface area (Å²) in [6, 6.07) is 15.9. The maximum Gasteiger partial charge on any atom is 0.222 e. The van der Waals surface area contributed by atoms with Crippen LogP contribution in [0.1, 0.15) is 0 Å². The maximum atomic E-state index is 5.19. The van der Waals surface area contributed by atoms with E-state index in [4.69, 9.17) is 46.2 Å². The molecular weight excluding hydrogens is 390 g/mol. The number of thiol groups is 3. The van der Waals surface area contributed by atoms with E-state index >= 15 is 0 Å². The van der Waals surface area contributed by atoms with E-state index in [1.165, 1.54) is 5.30 Å². The molecule has 0 aliphatic carbocycles. The number of methoxy groups -OCH3 is 2. The Bertz CT molecular complexity index is 605. The fourth-order valence-electron chi connectivity index (χ4n) is 1.69. The minimum Gasteiger partial charge on any atom is -0.497 e. The number of ether oxygens (including phenoxy) is 2. The van der Waals surface area contributed by atoms with Crippen molar-refractivity contribution in [2.45, 2.75) is 0 Å². The Morgan fingerprint density at radius 2 is 1.32 bits per heavy atom. The maximum absolute atomic E-state index is 5.19. The van der Waals surface area contributed by atoms with Crippen LogP contribution < -0.4 is 20.1 Å². The topological polar surface area (TPSA) is 18.5 Å². The molecule has 0 heterocycles. The summed E-state index contributed by atoms with van der Waals surface area (Å²) in [5.41, 5.74) is 0. The standard InChI is InChI=1S/C14H17O2P2S4/c1-15-11-3-7-13(8-4-11)17(19)22-18(20,21)14-9-5-12(16-2)6-10-14/h3-10,19-21H,1-2H3/q+1. The number of hydrogen-bond donors (Lipinski definition) is 3. The summed E-state index contributed by atoms with van der Waals surface area (Å²) < 4.78 is 10.4. The zero-order valence-corrected chi connectivity index (χ0v) is 17.4. The van der Waals surface area contributed by atoms with Gasteiger partial charge in [0, 0.05) is 24.5 Å². The minimum absolute atomic E-state index is 0.695. The van der Waals surface area contributed by atoms with Crippen LogP contribution in [0.3, 0.4) is 0 Å². The molecule has 0 bridgehead atoms. The average molecular weight is 408 g/mol. The van der Waals surface area contributed by atoms with Gasteiger partial charge in [-0.2, -0.15) is 0 Å². The van der Waals surface area contributed by atoms with Gasteiger partial charge in [-0.1, -0.05) is 0 Å². The van der Waals surface area contributed by atoms with E-state index in [2.05, 4.69) is 0 Å². The van der Waals surface area contributed by atoms with Gasteiger partial charge in [-0.3, -0.25) is 0 Å². The van der Waals surface area contributed by atoms with Gasteiger partial charge < -0.3 is 9.47 Å². The molecule has 0 aliphatic heterocycles. The number of benzene rings is 2. The molecule has 0 aromatic heterocycles. The SMILES string of the molecule is COc1ccc(P(S)S[P+](S)(S)c2ccc(OC)cc2)cc1. The second-order valence-electron chi connectivity index (χ2n) is 4.29. The Kier molecular flexibility index (Phi) is 7.13. The van der Waals surface area contributed by atoms with Crippen LogP contribution in [0.5, 0.6) is 11.5 Å². The Balaban J connectivity index is 2.11. The van der Waals surface area contributed by atoms with E-state index in [9.17, 15) is 0 Å². The fraction of sp³-hybridized carbons (Fsp3) is 0.143. The van der Waals surface area contributed by atoms with Gasteiger partial charge in [0.05, 0.1) is 31.5 Å². The van der Waals surface area contributed by atoms with Crippen molar-refractivity contribution in [3.63, 3.8) is 0 Å². The summed E-state index contributed by atoms with van der Waals surface area (Å²) in [5, 5.41) is 2.28. The lowest BCUT2D eigenvalue weighted by atomic mass is 10.3. The predicted octanol–water partition coefficient (Wildman–Crippen LogP) is 5.25. The van der Waals surface area contributed by atoms with E-state index in [1.807, 2.05) is 48.5 Å². The lowest BCUT2D eigenvalue weighted by Gasteiger charge is -2.16.